The molecule has 0 amide bonds. The highest BCUT2D eigenvalue weighted by Gasteiger charge is 2.19. The molecule has 1 heterocycles. The molecule has 0 saturated carbocycles. The average Bonchev–Trinajstić information content (AvgIpc) is 2.56. The fourth-order valence-corrected chi connectivity index (χ4v) is 2.38. The van der Waals surface area contributed by atoms with Crippen molar-refractivity contribution in [2.24, 2.45) is 7.05 Å². The Bertz CT molecular complexity index is 553. The zero-order chi connectivity index (χ0) is 12.7. The third-order valence-corrected chi connectivity index (χ3v) is 3.15. The summed E-state index contributed by atoms with van der Waals surface area (Å²) >= 11 is 0. The van der Waals surface area contributed by atoms with Gasteiger partial charge in [0.25, 0.3) is 0 Å². The summed E-state index contributed by atoms with van der Waals surface area (Å²) in [5, 5.41) is 5.60. The first-order valence-corrected chi connectivity index (χ1v) is 6.08. The van der Waals surface area contributed by atoms with Crippen LogP contribution < -0.4 is 0 Å². The van der Waals surface area contributed by atoms with E-state index in [2.05, 4.69) is 18.9 Å². The van der Waals surface area contributed by atoms with Gasteiger partial charge in [-0.1, -0.05) is 27.7 Å². The number of aromatic nitrogens is 2. The van der Waals surface area contributed by atoms with Gasteiger partial charge in [-0.15, -0.1) is 0 Å². The Labute approximate surface area is 101 Å². The van der Waals surface area contributed by atoms with Crippen molar-refractivity contribution in [1.29, 1.82) is 0 Å². The van der Waals surface area contributed by atoms with Crippen LogP contribution >= 0.6 is 0 Å². The molecular formula is C14H19FN2. The van der Waals surface area contributed by atoms with E-state index in [-0.39, 0.29) is 11.7 Å². The summed E-state index contributed by atoms with van der Waals surface area (Å²) in [6, 6.07) is 3.41. The van der Waals surface area contributed by atoms with Crippen LogP contribution in [0.15, 0.2) is 12.1 Å². The molecule has 0 aliphatic heterocycles. The van der Waals surface area contributed by atoms with Crippen LogP contribution in [-0.4, -0.2) is 9.78 Å². The van der Waals surface area contributed by atoms with Crippen molar-refractivity contribution in [3.63, 3.8) is 0 Å². The molecule has 17 heavy (non-hydrogen) atoms. The third kappa shape index (κ3) is 1.84. The molecule has 2 rings (SSSR count). The van der Waals surface area contributed by atoms with Gasteiger partial charge in [0.1, 0.15) is 5.82 Å². The van der Waals surface area contributed by atoms with Crippen molar-refractivity contribution >= 4 is 10.9 Å². The lowest BCUT2D eigenvalue weighted by atomic mass is 9.97. The maximum Gasteiger partial charge on any atom is 0.128 e. The van der Waals surface area contributed by atoms with Crippen LogP contribution in [0, 0.1) is 5.82 Å². The topological polar surface area (TPSA) is 17.8 Å². The molecule has 0 N–H and O–H groups in total. The van der Waals surface area contributed by atoms with E-state index in [0.717, 1.165) is 22.2 Å². The zero-order valence-corrected chi connectivity index (χ0v) is 11.1. The average molecular weight is 234 g/mol. The van der Waals surface area contributed by atoms with E-state index in [1.807, 2.05) is 31.6 Å². The lowest BCUT2D eigenvalue weighted by Gasteiger charge is -2.10. The van der Waals surface area contributed by atoms with Crippen molar-refractivity contribution in [1.82, 2.24) is 9.78 Å². The Morgan fingerprint density at radius 1 is 1.12 bits per heavy atom. The molecule has 0 unspecified atom stereocenters. The number of fused-ring (bicyclic) bond motifs is 1. The highest BCUT2D eigenvalue weighted by Crippen LogP contribution is 2.32. The Hall–Kier alpha value is -1.38. The third-order valence-electron chi connectivity index (χ3n) is 3.15. The number of halogens is 1. The van der Waals surface area contributed by atoms with E-state index < -0.39 is 0 Å². The Morgan fingerprint density at radius 3 is 2.29 bits per heavy atom. The smallest absolute Gasteiger partial charge is 0.128 e. The molecule has 0 fully saturated rings. The summed E-state index contributed by atoms with van der Waals surface area (Å²) in [5.41, 5.74) is 2.75. The molecule has 0 radical (unpaired) electrons. The Kier molecular flexibility index (Phi) is 2.94. The Morgan fingerprint density at radius 2 is 1.76 bits per heavy atom. The predicted octanol–water partition coefficient (Wildman–Crippen LogP) is 3.96. The second-order valence-electron chi connectivity index (χ2n) is 5.18. The highest BCUT2D eigenvalue weighted by atomic mass is 19.1. The monoisotopic (exact) mass is 234 g/mol. The minimum atomic E-state index is -0.134. The molecule has 1 aromatic heterocycles. The summed E-state index contributed by atoms with van der Waals surface area (Å²) < 4.78 is 15.7. The van der Waals surface area contributed by atoms with Crippen LogP contribution in [0.5, 0.6) is 0 Å². The van der Waals surface area contributed by atoms with Crippen LogP contribution in [0.4, 0.5) is 4.39 Å². The zero-order valence-electron chi connectivity index (χ0n) is 11.1. The first-order chi connectivity index (χ1) is 7.93. The molecule has 1 aromatic carbocycles. The van der Waals surface area contributed by atoms with Gasteiger partial charge >= 0.3 is 0 Å². The summed E-state index contributed by atoms with van der Waals surface area (Å²) in [7, 11) is 1.89. The fraction of sp³-hybridized carbons (Fsp3) is 0.500. The maximum absolute atomic E-state index is 13.9. The molecule has 0 aliphatic carbocycles. The second-order valence-corrected chi connectivity index (χ2v) is 5.18. The molecule has 2 nitrogen and oxygen atoms in total. The lowest BCUT2D eigenvalue weighted by Crippen LogP contribution is -1.99. The van der Waals surface area contributed by atoms with Crippen molar-refractivity contribution in [2.75, 3.05) is 0 Å². The van der Waals surface area contributed by atoms with Crippen LogP contribution in [0.1, 0.15) is 50.8 Å². The molecule has 0 saturated heterocycles. The summed E-state index contributed by atoms with van der Waals surface area (Å²) in [4.78, 5) is 0. The highest BCUT2D eigenvalue weighted by molar-refractivity contribution is 5.86. The number of aryl methyl sites for hydroxylation is 1. The van der Waals surface area contributed by atoms with Gasteiger partial charge < -0.3 is 0 Å². The minimum absolute atomic E-state index is 0.134. The number of hydrogen-bond donors (Lipinski definition) is 0. The van der Waals surface area contributed by atoms with Crippen molar-refractivity contribution in [3.8, 4) is 0 Å². The van der Waals surface area contributed by atoms with Gasteiger partial charge in [0, 0.05) is 18.0 Å². The van der Waals surface area contributed by atoms with Gasteiger partial charge in [0.15, 0.2) is 0 Å². The molecular weight excluding hydrogens is 215 g/mol. The van der Waals surface area contributed by atoms with Crippen LogP contribution in [0.3, 0.4) is 0 Å². The van der Waals surface area contributed by atoms with Crippen molar-refractivity contribution in [3.05, 3.63) is 29.2 Å². The van der Waals surface area contributed by atoms with Gasteiger partial charge in [-0.25, -0.2) is 4.39 Å². The fourth-order valence-electron chi connectivity index (χ4n) is 2.38. The van der Waals surface area contributed by atoms with E-state index in [4.69, 9.17) is 0 Å². The molecule has 0 bridgehead atoms. The SMILES string of the molecule is CC(C)c1nn(C)c2c(C(C)C)c(F)ccc12. The quantitative estimate of drug-likeness (QED) is 0.769. The van der Waals surface area contributed by atoms with E-state index >= 15 is 0 Å². The molecule has 92 valence electrons. The standard InChI is InChI=1S/C14H19FN2/c1-8(2)12-11(15)7-6-10-13(9(3)4)16-17(5)14(10)12/h6-9H,1-5H3. The van der Waals surface area contributed by atoms with Gasteiger partial charge in [-0.05, 0) is 24.0 Å². The lowest BCUT2D eigenvalue weighted by molar-refractivity contribution is 0.599. The molecule has 0 atom stereocenters. The van der Waals surface area contributed by atoms with Crippen molar-refractivity contribution in [2.45, 2.75) is 39.5 Å². The van der Waals surface area contributed by atoms with Gasteiger partial charge in [-0.3, -0.25) is 4.68 Å². The van der Waals surface area contributed by atoms with Crippen LogP contribution in [0.25, 0.3) is 10.9 Å². The van der Waals surface area contributed by atoms with Crippen LogP contribution in [0.2, 0.25) is 0 Å². The van der Waals surface area contributed by atoms with E-state index in [1.54, 1.807) is 6.07 Å². The van der Waals surface area contributed by atoms with E-state index in [9.17, 15) is 4.39 Å². The minimum Gasteiger partial charge on any atom is -0.267 e. The second kappa shape index (κ2) is 4.13. The normalized spacial score (nSPS) is 12.0. The Balaban J connectivity index is 2.86. The van der Waals surface area contributed by atoms with Crippen LogP contribution in [-0.2, 0) is 7.05 Å². The first kappa shape index (κ1) is 12.1. The predicted molar refractivity (Wildman–Crippen MR) is 68.9 cm³/mol. The van der Waals surface area contributed by atoms with Gasteiger partial charge in [-0.2, -0.15) is 5.10 Å². The van der Waals surface area contributed by atoms with E-state index in [0.29, 0.717) is 5.92 Å². The van der Waals surface area contributed by atoms with Gasteiger partial charge in [0.05, 0.1) is 11.2 Å². The number of benzene rings is 1. The number of rotatable bonds is 2. The van der Waals surface area contributed by atoms with Crippen molar-refractivity contribution < 1.29 is 4.39 Å². The van der Waals surface area contributed by atoms with E-state index in [1.165, 1.54) is 0 Å². The summed E-state index contributed by atoms with van der Waals surface area (Å²) in [5.74, 6) is 0.379. The first-order valence-electron chi connectivity index (χ1n) is 6.08. The maximum atomic E-state index is 13.9. The molecule has 0 aliphatic rings. The molecule has 2 aromatic rings. The summed E-state index contributed by atoms with van der Waals surface area (Å²) in [6.45, 7) is 8.25. The molecule has 3 heteroatoms. The largest absolute Gasteiger partial charge is 0.267 e. The molecule has 0 spiro atoms. The van der Waals surface area contributed by atoms with Gasteiger partial charge in [0.2, 0.25) is 0 Å². The number of hydrogen-bond acceptors (Lipinski definition) is 1. The summed E-state index contributed by atoms with van der Waals surface area (Å²) in [6.07, 6.45) is 0. The number of nitrogens with zero attached hydrogens (tertiary/aromatic N) is 2.